The van der Waals surface area contributed by atoms with Crippen molar-refractivity contribution in [3.05, 3.63) is 65.5 Å². The van der Waals surface area contributed by atoms with E-state index in [0.717, 1.165) is 24.0 Å². The number of hydrogen-bond donors (Lipinski definition) is 1. The molecule has 0 atom stereocenters. The molecule has 2 fully saturated rings. The van der Waals surface area contributed by atoms with Gasteiger partial charge in [-0.25, -0.2) is 8.42 Å². The third-order valence-electron chi connectivity index (χ3n) is 6.33. The van der Waals surface area contributed by atoms with Crippen molar-refractivity contribution in [1.29, 1.82) is 0 Å². The molecular weight excluding hydrogens is 440 g/mol. The number of rotatable bonds is 6. The third kappa shape index (κ3) is 5.15. The first-order valence-electron chi connectivity index (χ1n) is 11.2. The normalized spacial score (nSPS) is 18.5. The maximum atomic E-state index is 12.8. The van der Waals surface area contributed by atoms with Crippen molar-refractivity contribution < 1.29 is 17.7 Å². The van der Waals surface area contributed by atoms with E-state index in [1.807, 2.05) is 42.5 Å². The number of amides is 1. The average molecular weight is 467 g/mol. The Morgan fingerprint density at radius 1 is 1.09 bits per heavy atom. The first kappa shape index (κ1) is 21.8. The fraction of sp³-hybridized carbons (Fsp3) is 0.375. The predicted molar refractivity (Wildman–Crippen MR) is 125 cm³/mol. The van der Waals surface area contributed by atoms with Gasteiger partial charge in [0, 0.05) is 42.4 Å². The number of nitrogens with zero attached hydrogens (tertiary/aromatic N) is 3. The monoisotopic (exact) mass is 466 g/mol. The number of hydrogen-bond acceptors (Lipinski definition) is 7. The van der Waals surface area contributed by atoms with Crippen LogP contribution in [0.1, 0.15) is 47.0 Å². The molecule has 0 unspecified atom stereocenters. The zero-order valence-corrected chi connectivity index (χ0v) is 19.1. The molecule has 2 heterocycles. The van der Waals surface area contributed by atoms with Crippen molar-refractivity contribution in [3.8, 4) is 11.4 Å². The summed E-state index contributed by atoms with van der Waals surface area (Å²) in [5.74, 6) is 1.85. The van der Waals surface area contributed by atoms with Crippen LogP contribution in [0.2, 0.25) is 0 Å². The van der Waals surface area contributed by atoms with Crippen molar-refractivity contribution in [2.45, 2.75) is 31.7 Å². The van der Waals surface area contributed by atoms with E-state index < -0.39 is 9.84 Å². The van der Waals surface area contributed by atoms with Crippen LogP contribution in [0.3, 0.4) is 0 Å². The van der Waals surface area contributed by atoms with E-state index >= 15 is 0 Å². The Kier molecular flexibility index (Phi) is 5.99. The molecule has 2 aromatic carbocycles. The number of carbonyl (C=O) groups is 1. The summed E-state index contributed by atoms with van der Waals surface area (Å²) in [6.45, 7) is 1.67. The Labute approximate surface area is 192 Å². The van der Waals surface area contributed by atoms with Gasteiger partial charge in [0.2, 0.25) is 11.7 Å². The number of nitrogens with one attached hydrogen (secondary N) is 1. The highest BCUT2D eigenvalue weighted by molar-refractivity contribution is 7.91. The predicted octanol–water partition coefficient (Wildman–Crippen LogP) is 3.49. The lowest BCUT2D eigenvalue weighted by Crippen LogP contribution is -2.39. The van der Waals surface area contributed by atoms with E-state index in [1.54, 1.807) is 6.07 Å². The van der Waals surface area contributed by atoms with Gasteiger partial charge in [-0.05, 0) is 54.8 Å². The second kappa shape index (κ2) is 9.07. The Balaban J connectivity index is 1.20. The lowest BCUT2D eigenvalue weighted by atomic mass is 9.85. The van der Waals surface area contributed by atoms with Crippen LogP contribution in [0.4, 0.5) is 5.69 Å². The van der Waals surface area contributed by atoms with Crippen molar-refractivity contribution in [2.75, 3.05) is 29.9 Å². The van der Waals surface area contributed by atoms with Crippen LogP contribution in [0.25, 0.3) is 11.4 Å². The fourth-order valence-corrected chi connectivity index (χ4v) is 5.33. The quantitative estimate of drug-likeness (QED) is 0.593. The Hall–Kier alpha value is -3.04. The van der Waals surface area contributed by atoms with E-state index in [9.17, 15) is 13.2 Å². The molecule has 3 aromatic rings. The van der Waals surface area contributed by atoms with Crippen LogP contribution in [0.15, 0.2) is 53.1 Å². The van der Waals surface area contributed by atoms with Crippen LogP contribution in [0.5, 0.6) is 0 Å². The Bertz CT molecular complexity index is 1240. The molecule has 0 radical (unpaired) electrons. The van der Waals surface area contributed by atoms with Crippen molar-refractivity contribution in [1.82, 2.24) is 15.0 Å². The number of anilines is 1. The van der Waals surface area contributed by atoms with Gasteiger partial charge in [0.1, 0.15) is 0 Å². The van der Waals surface area contributed by atoms with Gasteiger partial charge < -0.3 is 9.84 Å². The molecule has 1 saturated carbocycles. The summed E-state index contributed by atoms with van der Waals surface area (Å²) >= 11 is 0. The molecule has 172 valence electrons. The number of carbonyl (C=O) groups excluding carboxylic acids is 1. The molecule has 1 aliphatic heterocycles. The Morgan fingerprint density at radius 2 is 1.85 bits per heavy atom. The molecular formula is C24H26N4O4S. The molecule has 5 rings (SSSR count). The van der Waals surface area contributed by atoms with E-state index in [1.165, 1.54) is 6.42 Å². The highest BCUT2D eigenvalue weighted by Crippen LogP contribution is 2.36. The summed E-state index contributed by atoms with van der Waals surface area (Å²) in [5, 5.41) is 7.01. The zero-order valence-electron chi connectivity index (χ0n) is 18.2. The molecule has 9 heteroatoms. The lowest BCUT2D eigenvalue weighted by Gasteiger charge is -2.26. The van der Waals surface area contributed by atoms with Gasteiger partial charge in [-0.15, -0.1) is 0 Å². The van der Waals surface area contributed by atoms with E-state index in [0.29, 0.717) is 48.5 Å². The average Bonchev–Trinajstić information content (AvgIpc) is 3.24. The lowest BCUT2D eigenvalue weighted by molar-refractivity contribution is 0.102. The van der Waals surface area contributed by atoms with Crippen LogP contribution in [-0.2, 0) is 16.4 Å². The van der Waals surface area contributed by atoms with E-state index in [2.05, 4.69) is 20.4 Å². The first-order valence-corrected chi connectivity index (χ1v) is 13.0. The number of aromatic nitrogens is 2. The first-order chi connectivity index (χ1) is 15.9. The maximum Gasteiger partial charge on any atom is 0.255 e. The summed E-state index contributed by atoms with van der Waals surface area (Å²) in [4.78, 5) is 19.4. The summed E-state index contributed by atoms with van der Waals surface area (Å²) in [6, 6.07) is 14.8. The number of benzene rings is 2. The minimum absolute atomic E-state index is 0.189. The van der Waals surface area contributed by atoms with Gasteiger partial charge in [-0.3, -0.25) is 9.69 Å². The standard InChI is InChI=1S/C24H26N4O4S/c29-23(20-6-1-3-17(15-20)16-28-11-13-33(30,31)14-12-28)25-21-9-7-18(8-10-21)22-26-24(32-27-22)19-4-2-5-19/h1,3,6-10,15,19H,2,4-5,11-14,16H2,(H,25,29). The van der Waals surface area contributed by atoms with Gasteiger partial charge in [0.15, 0.2) is 9.84 Å². The van der Waals surface area contributed by atoms with Crippen LogP contribution >= 0.6 is 0 Å². The third-order valence-corrected chi connectivity index (χ3v) is 7.94. The van der Waals surface area contributed by atoms with Crippen LogP contribution in [0, 0.1) is 0 Å². The molecule has 0 bridgehead atoms. The van der Waals surface area contributed by atoms with Gasteiger partial charge in [-0.2, -0.15) is 4.98 Å². The van der Waals surface area contributed by atoms with Crippen molar-refractivity contribution in [2.24, 2.45) is 0 Å². The smallest absolute Gasteiger partial charge is 0.255 e. The van der Waals surface area contributed by atoms with Gasteiger partial charge in [-0.1, -0.05) is 23.7 Å². The molecule has 8 nitrogen and oxygen atoms in total. The van der Waals surface area contributed by atoms with Crippen LogP contribution < -0.4 is 5.32 Å². The molecule has 1 aromatic heterocycles. The summed E-state index contributed by atoms with van der Waals surface area (Å²) in [6.07, 6.45) is 3.42. The molecule has 1 amide bonds. The summed E-state index contributed by atoms with van der Waals surface area (Å²) in [7, 11) is -2.91. The van der Waals surface area contributed by atoms with Gasteiger partial charge in [0.05, 0.1) is 11.5 Å². The molecule has 1 N–H and O–H groups in total. The topological polar surface area (TPSA) is 105 Å². The largest absolute Gasteiger partial charge is 0.339 e. The van der Waals surface area contributed by atoms with Crippen molar-refractivity contribution in [3.63, 3.8) is 0 Å². The molecule has 1 aliphatic carbocycles. The van der Waals surface area contributed by atoms with Crippen molar-refractivity contribution >= 4 is 21.4 Å². The Morgan fingerprint density at radius 3 is 2.55 bits per heavy atom. The second-order valence-corrected chi connectivity index (χ2v) is 11.0. The zero-order chi connectivity index (χ0) is 22.8. The van der Waals surface area contributed by atoms with Crippen LogP contribution in [-0.4, -0.2) is 54.0 Å². The molecule has 1 saturated heterocycles. The van der Waals surface area contributed by atoms with E-state index in [-0.39, 0.29) is 17.4 Å². The van der Waals surface area contributed by atoms with Gasteiger partial charge >= 0.3 is 0 Å². The fourth-order valence-electron chi connectivity index (χ4n) is 4.06. The summed E-state index contributed by atoms with van der Waals surface area (Å²) in [5.41, 5.74) is 3.06. The second-order valence-electron chi connectivity index (χ2n) is 8.74. The minimum Gasteiger partial charge on any atom is -0.339 e. The highest BCUT2D eigenvalue weighted by atomic mass is 32.2. The molecule has 2 aliphatic rings. The maximum absolute atomic E-state index is 12.8. The van der Waals surface area contributed by atoms with E-state index in [4.69, 9.17) is 4.52 Å². The molecule has 0 spiro atoms. The SMILES string of the molecule is O=C(Nc1ccc(-c2noc(C3CCC3)n2)cc1)c1cccc(CN2CCS(=O)(=O)CC2)c1. The minimum atomic E-state index is -2.91. The highest BCUT2D eigenvalue weighted by Gasteiger charge is 2.25. The summed E-state index contributed by atoms with van der Waals surface area (Å²) < 4.78 is 28.6. The number of sulfone groups is 1. The molecule has 33 heavy (non-hydrogen) atoms. The van der Waals surface area contributed by atoms with Gasteiger partial charge in [0.25, 0.3) is 5.91 Å².